The van der Waals surface area contributed by atoms with Gasteiger partial charge in [0.2, 0.25) is 10.0 Å². The molecule has 0 fully saturated rings. The van der Waals surface area contributed by atoms with E-state index in [1.165, 1.54) is 12.1 Å². The fourth-order valence-electron chi connectivity index (χ4n) is 3.22. The van der Waals surface area contributed by atoms with E-state index in [9.17, 15) is 18.0 Å². The van der Waals surface area contributed by atoms with E-state index in [1.54, 1.807) is 63.5 Å². The van der Waals surface area contributed by atoms with Crippen molar-refractivity contribution in [2.75, 3.05) is 6.54 Å². The summed E-state index contributed by atoms with van der Waals surface area (Å²) in [6.45, 7) is 4.76. The van der Waals surface area contributed by atoms with Gasteiger partial charge < -0.3 is 15.0 Å². The number of carbonyl (C=O) groups excluding carboxylic acids is 2. The molecule has 3 N–H and O–H groups in total. The Morgan fingerprint density at radius 3 is 2.31 bits per heavy atom. The van der Waals surface area contributed by atoms with Crippen LogP contribution in [0.5, 0.6) is 0 Å². The molecule has 1 amide bonds. The van der Waals surface area contributed by atoms with Gasteiger partial charge in [-0.3, -0.25) is 9.59 Å². The van der Waals surface area contributed by atoms with Crippen LogP contribution in [0.3, 0.4) is 0 Å². The Kier molecular flexibility index (Phi) is 8.42. The number of aromatic amines is 1. The first-order valence-corrected chi connectivity index (χ1v) is 12.7. The van der Waals surface area contributed by atoms with Crippen molar-refractivity contribution < 1.29 is 22.7 Å². The van der Waals surface area contributed by atoms with Crippen LogP contribution in [0, 0.1) is 0 Å². The van der Waals surface area contributed by atoms with Crippen LogP contribution in [0.4, 0.5) is 0 Å². The van der Waals surface area contributed by atoms with Gasteiger partial charge in [0, 0.05) is 30.9 Å². The fraction of sp³-hybridized carbons (Fsp3) is 0.320. The number of H-pyrrole nitrogens is 1. The van der Waals surface area contributed by atoms with Crippen LogP contribution in [0.2, 0.25) is 0 Å². The fourth-order valence-corrected chi connectivity index (χ4v) is 4.42. The molecular weight excluding hydrogens is 468 g/mol. The zero-order valence-corrected chi connectivity index (χ0v) is 20.8. The van der Waals surface area contributed by atoms with Crippen LogP contribution < -0.4 is 10.0 Å². The summed E-state index contributed by atoms with van der Waals surface area (Å²) in [4.78, 5) is 32.7. The van der Waals surface area contributed by atoms with E-state index >= 15 is 0 Å². The Bertz CT molecular complexity index is 1220. The summed E-state index contributed by atoms with van der Waals surface area (Å²) in [5.74, 6) is -0.335. The summed E-state index contributed by atoms with van der Waals surface area (Å²) >= 11 is 0. The van der Waals surface area contributed by atoms with Crippen LogP contribution in [0.15, 0.2) is 71.9 Å². The topological polar surface area (TPSA) is 130 Å². The van der Waals surface area contributed by atoms with Gasteiger partial charge in [-0.25, -0.2) is 13.4 Å². The summed E-state index contributed by atoms with van der Waals surface area (Å²) in [6, 6.07) is 13.4. The van der Waals surface area contributed by atoms with E-state index in [0.29, 0.717) is 5.56 Å². The number of imidazole rings is 1. The molecule has 3 rings (SSSR count). The highest BCUT2D eigenvalue weighted by molar-refractivity contribution is 7.89. The Hall–Kier alpha value is -3.50. The first kappa shape index (κ1) is 26.1. The second-order valence-electron chi connectivity index (χ2n) is 8.96. The number of ether oxygens (including phenoxy) is 1. The van der Waals surface area contributed by atoms with E-state index in [0.717, 1.165) is 24.2 Å². The number of nitrogens with zero attached hydrogens (tertiary/aromatic N) is 1. The third-order valence-electron chi connectivity index (χ3n) is 4.93. The van der Waals surface area contributed by atoms with E-state index < -0.39 is 33.5 Å². The summed E-state index contributed by atoms with van der Waals surface area (Å²) in [7, 11) is -4.01. The highest BCUT2D eigenvalue weighted by Gasteiger charge is 2.30. The van der Waals surface area contributed by atoms with Gasteiger partial charge in [0.15, 0.2) is 0 Å². The van der Waals surface area contributed by atoms with Crippen LogP contribution in [0.25, 0.3) is 0 Å². The number of benzene rings is 2. The first-order chi connectivity index (χ1) is 16.5. The third kappa shape index (κ3) is 8.04. The summed E-state index contributed by atoms with van der Waals surface area (Å²) in [6.07, 6.45) is 4.98. The number of esters is 1. The van der Waals surface area contributed by atoms with Gasteiger partial charge in [-0.1, -0.05) is 30.3 Å². The highest BCUT2D eigenvalue weighted by atomic mass is 32.2. The maximum Gasteiger partial charge on any atom is 0.326 e. The van der Waals surface area contributed by atoms with Crippen molar-refractivity contribution in [2.24, 2.45) is 0 Å². The van der Waals surface area contributed by atoms with Crippen molar-refractivity contribution in [3.05, 3.63) is 83.9 Å². The Balaban J connectivity index is 1.65. The van der Waals surface area contributed by atoms with Gasteiger partial charge in [-0.05, 0) is 57.0 Å². The highest BCUT2D eigenvalue weighted by Crippen LogP contribution is 2.13. The molecule has 0 aliphatic carbocycles. The number of nitrogens with one attached hydrogen (secondary N) is 3. The monoisotopic (exact) mass is 498 g/mol. The Morgan fingerprint density at radius 2 is 1.71 bits per heavy atom. The van der Waals surface area contributed by atoms with E-state index in [-0.39, 0.29) is 11.4 Å². The zero-order valence-electron chi connectivity index (χ0n) is 19.9. The smallest absolute Gasteiger partial charge is 0.326 e. The molecular formula is C25H30N4O5S. The molecule has 35 heavy (non-hydrogen) atoms. The molecule has 0 unspecified atom stereocenters. The Labute approximate surface area is 205 Å². The minimum Gasteiger partial charge on any atom is -0.459 e. The first-order valence-electron chi connectivity index (χ1n) is 11.2. The molecule has 1 atom stereocenters. The number of rotatable bonds is 10. The largest absolute Gasteiger partial charge is 0.459 e. The predicted octanol–water partition coefficient (Wildman–Crippen LogP) is 2.61. The van der Waals surface area contributed by atoms with E-state index in [2.05, 4.69) is 20.0 Å². The number of amides is 1. The summed E-state index contributed by atoms with van der Waals surface area (Å²) < 4.78 is 33.3. The molecule has 1 aromatic heterocycles. The van der Waals surface area contributed by atoms with Gasteiger partial charge in [0.05, 0.1) is 4.90 Å². The van der Waals surface area contributed by atoms with Crippen molar-refractivity contribution >= 4 is 21.9 Å². The molecule has 0 saturated heterocycles. The minimum absolute atomic E-state index is 0.00465. The van der Waals surface area contributed by atoms with Gasteiger partial charge in [-0.15, -0.1) is 0 Å². The molecule has 0 bridgehead atoms. The molecule has 0 radical (unpaired) electrons. The average molecular weight is 499 g/mol. The SMILES string of the molecule is CC(C)(C)OC(=O)[C@H](CNC(=O)c1ccc(CCc2ncc[nH]2)cc1)NS(=O)(=O)c1ccccc1. The molecule has 2 aromatic carbocycles. The minimum atomic E-state index is -4.01. The van der Waals surface area contributed by atoms with Crippen molar-refractivity contribution in [2.45, 2.75) is 50.2 Å². The van der Waals surface area contributed by atoms with Crippen molar-refractivity contribution in [3.8, 4) is 0 Å². The van der Waals surface area contributed by atoms with E-state index in [4.69, 9.17) is 4.74 Å². The van der Waals surface area contributed by atoms with Gasteiger partial charge >= 0.3 is 5.97 Å². The lowest BCUT2D eigenvalue weighted by Gasteiger charge is -2.24. The van der Waals surface area contributed by atoms with Crippen molar-refractivity contribution in [3.63, 3.8) is 0 Å². The van der Waals surface area contributed by atoms with Crippen molar-refractivity contribution in [1.82, 2.24) is 20.0 Å². The van der Waals surface area contributed by atoms with Crippen LogP contribution in [0.1, 0.15) is 42.5 Å². The normalized spacial score (nSPS) is 12.7. The lowest BCUT2D eigenvalue weighted by Crippen LogP contribution is -2.50. The molecule has 9 nitrogen and oxygen atoms in total. The summed E-state index contributed by atoms with van der Waals surface area (Å²) in [5, 5.41) is 2.63. The molecule has 3 aromatic rings. The molecule has 0 saturated carbocycles. The molecule has 0 aliphatic heterocycles. The number of hydrogen-bond donors (Lipinski definition) is 3. The van der Waals surface area contributed by atoms with E-state index in [1.807, 2.05) is 12.1 Å². The maximum atomic E-state index is 12.8. The zero-order chi connectivity index (χ0) is 25.5. The molecule has 0 spiro atoms. The van der Waals surface area contributed by atoms with Gasteiger partial charge in [-0.2, -0.15) is 4.72 Å². The molecule has 186 valence electrons. The van der Waals surface area contributed by atoms with Gasteiger partial charge in [0.1, 0.15) is 17.5 Å². The van der Waals surface area contributed by atoms with Crippen LogP contribution in [-0.2, 0) is 32.4 Å². The van der Waals surface area contributed by atoms with Crippen LogP contribution in [-0.4, -0.2) is 48.4 Å². The number of aromatic nitrogens is 2. The van der Waals surface area contributed by atoms with Crippen molar-refractivity contribution in [1.29, 1.82) is 0 Å². The second kappa shape index (κ2) is 11.3. The quantitative estimate of drug-likeness (QED) is 0.369. The molecule has 0 aliphatic rings. The van der Waals surface area contributed by atoms with Crippen LogP contribution >= 0.6 is 0 Å². The lowest BCUT2D eigenvalue weighted by molar-refractivity contribution is -0.156. The number of hydrogen-bond acceptors (Lipinski definition) is 6. The maximum absolute atomic E-state index is 12.8. The second-order valence-corrected chi connectivity index (χ2v) is 10.7. The average Bonchev–Trinajstić information content (AvgIpc) is 3.34. The number of carbonyl (C=O) groups is 2. The molecule has 1 heterocycles. The standard InChI is InChI=1S/C25H30N4O5S/c1-25(2,3)34-24(31)21(29-35(32,33)20-7-5-4-6-8-20)17-28-23(30)19-12-9-18(10-13-19)11-14-22-26-15-16-27-22/h4-10,12-13,15-16,21,29H,11,14,17H2,1-3H3,(H,26,27)(H,28,30)/t21-/m0/s1. The third-order valence-corrected chi connectivity index (χ3v) is 6.42. The molecule has 10 heteroatoms. The number of sulfonamides is 1. The van der Waals surface area contributed by atoms with Gasteiger partial charge in [0.25, 0.3) is 5.91 Å². The Morgan fingerprint density at radius 1 is 1.03 bits per heavy atom. The lowest BCUT2D eigenvalue weighted by atomic mass is 10.1. The summed E-state index contributed by atoms with van der Waals surface area (Å²) in [5.41, 5.74) is 0.601. The predicted molar refractivity (Wildman–Crippen MR) is 131 cm³/mol. The number of aryl methyl sites for hydroxylation is 2.